The van der Waals surface area contributed by atoms with Crippen molar-refractivity contribution >= 4 is 0 Å². The van der Waals surface area contributed by atoms with Crippen LogP contribution in [-0.4, -0.2) is 13.2 Å². The van der Waals surface area contributed by atoms with Crippen LogP contribution >= 0.6 is 0 Å². The number of nitrogens with two attached hydrogens (primary N) is 1. The number of rotatable bonds is 9. The van der Waals surface area contributed by atoms with Gasteiger partial charge in [0.15, 0.2) is 0 Å². The first-order valence-corrected chi connectivity index (χ1v) is 8.27. The van der Waals surface area contributed by atoms with Crippen molar-refractivity contribution in [2.45, 2.75) is 32.1 Å². The maximum Gasteiger partial charge on any atom is 0.119 e. The molecule has 2 aromatic carbocycles. The molecule has 2 N–H and O–H groups in total. The van der Waals surface area contributed by atoms with Gasteiger partial charge in [0.25, 0.3) is 0 Å². The molecular formula is C20H24N2O. The van der Waals surface area contributed by atoms with Crippen LogP contribution in [-0.2, 0) is 0 Å². The first-order chi connectivity index (χ1) is 11.3. The lowest BCUT2D eigenvalue weighted by molar-refractivity contribution is 0.304. The first kappa shape index (κ1) is 17.1. The molecule has 0 spiro atoms. The summed E-state index contributed by atoms with van der Waals surface area (Å²) in [5.41, 5.74) is 8.39. The quantitative estimate of drug-likeness (QED) is 0.693. The topological polar surface area (TPSA) is 59.0 Å². The molecule has 2 rings (SSSR count). The van der Waals surface area contributed by atoms with Crippen LogP contribution in [0.4, 0.5) is 0 Å². The Labute approximate surface area is 138 Å². The van der Waals surface area contributed by atoms with E-state index in [9.17, 15) is 0 Å². The molecule has 0 aromatic heterocycles. The van der Waals surface area contributed by atoms with Gasteiger partial charge >= 0.3 is 0 Å². The van der Waals surface area contributed by atoms with E-state index in [2.05, 4.69) is 18.2 Å². The second-order valence-corrected chi connectivity index (χ2v) is 5.62. The number of ether oxygens (including phenoxy) is 1. The van der Waals surface area contributed by atoms with Gasteiger partial charge in [-0.25, -0.2) is 0 Å². The number of unbranched alkanes of at least 4 members (excludes halogenated alkanes) is 4. The van der Waals surface area contributed by atoms with Crippen LogP contribution < -0.4 is 10.5 Å². The molecule has 0 atom stereocenters. The number of hydrogen-bond acceptors (Lipinski definition) is 3. The van der Waals surface area contributed by atoms with Crippen molar-refractivity contribution < 1.29 is 4.74 Å². The van der Waals surface area contributed by atoms with Crippen LogP contribution in [0.15, 0.2) is 48.5 Å². The number of hydrogen-bond donors (Lipinski definition) is 1. The van der Waals surface area contributed by atoms with Crippen LogP contribution in [0.25, 0.3) is 11.1 Å². The molecule has 3 heteroatoms. The Morgan fingerprint density at radius 1 is 0.783 bits per heavy atom. The minimum absolute atomic E-state index is 0.681. The highest BCUT2D eigenvalue weighted by Crippen LogP contribution is 2.23. The molecule has 0 fully saturated rings. The summed E-state index contributed by atoms with van der Waals surface area (Å²) >= 11 is 0. The van der Waals surface area contributed by atoms with Crippen LogP contribution in [0.2, 0.25) is 0 Å². The smallest absolute Gasteiger partial charge is 0.119 e. The Morgan fingerprint density at radius 2 is 1.35 bits per heavy atom. The third kappa shape index (κ3) is 5.77. The fourth-order valence-corrected chi connectivity index (χ4v) is 2.45. The van der Waals surface area contributed by atoms with E-state index in [0.717, 1.165) is 42.9 Å². The van der Waals surface area contributed by atoms with E-state index in [1.165, 1.54) is 19.3 Å². The normalized spacial score (nSPS) is 10.3. The van der Waals surface area contributed by atoms with E-state index in [0.29, 0.717) is 5.56 Å². The molecule has 3 nitrogen and oxygen atoms in total. The van der Waals surface area contributed by atoms with Crippen molar-refractivity contribution in [1.82, 2.24) is 0 Å². The summed E-state index contributed by atoms with van der Waals surface area (Å²) in [4.78, 5) is 0. The second kappa shape index (κ2) is 9.66. The van der Waals surface area contributed by atoms with Gasteiger partial charge in [-0.2, -0.15) is 5.26 Å². The van der Waals surface area contributed by atoms with Gasteiger partial charge < -0.3 is 10.5 Å². The predicted octanol–water partition coefficient (Wildman–Crippen LogP) is 4.51. The average molecular weight is 308 g/mol. The molecule has 0 heterocycles. The second-order valence-electron chi connectivity index (χ2n) is 5.62. The SMILES string of the molecule is N#Cc1ccc(-c2ccc(OCCCCCCCN)cc2)cc1. The molecule has 2 aromatic rings. The van der Waals surface area contributed by atoms with E-state index in [4.69, 9.17) is 15.7 Å². The summed E-state index contributed by atoms with van der Waals surface area (Å²) in [6.07, 6.45) is 5.86. The van der Waals surface area contributed by atoms with Gasteiger partial charge in [0.1, 0.15) is 5.75 Å². The minimum atomic E-state index is 0.681. The van der Waals surface area contributed by atoms with Crippen molar-refractivity contribution in [2.24, 2.45) is 5.73 Å². The highest BCUT2D eigenvalue weighted by Gasteiger charge is 2.00. The summed E-state index contributed by atoms with van der Waals surface area (Å²) in [5, 5.41) is 8.83. The van der Waals surface area contributed by atoms with Gasteiger partial charge in [0.2, 0.25) is 0 Å². The van der Waals surface area contributed by atoms with Crippen molar-refractivity contribution in [3.63, 3.8) is 0 Å². The summed E-state index contributed by atoms with van der Waals surface area (Å²) in [7, 11) is 0. The summed E-state index contributed by atoms with van der Waals surface area (Å²) in [5.74, 6) is 0.907. The Kier molecular flexibility index (Phi) is 7.16. The lowest BCUT2D eigenvalue weighted by Gasteiger charge is -2.07. The van der Waals surface area contributed by atoms with Gasteiger partial charge in [-0.15, -0.1) is 0 Å². The Bertz CT molecular complexity index is 612. The van der Waals surface area contributed by atoms with E-state index in [1.807, 2.05) is 36.4 Å². The van der Waals surface area contributed by atoms with Gasteiger partial charge in [0.05, 0.1) is 18.2 Å². The van der Waals surface area contributed by atoms with E-state index in [-0.39, 0.29) is 0 Å². The Balaban J connectivity index is 1.77. The molecule has 0 saturated heterocycles. The van der Waals surface area contributed by atoms with E-state index < -0.39 is 0 Å². The third-order valence-electron chi connectivity index (χ3n) is 3.82. The third-order valence-corrected chi connectivity index (χ3v) is 3.82. The van der Waals surface area contributed by atoms with Crippen molar-refractivity contribution in [3.8, 4) is 22.9 Å². The molecule has 0 bridgehead atoms. The zero-order valence-electron chi connectivity index (χ0n) is 13.5. The molecule has 120 valence electrons. The van der Waals surface area contributed by atoms with Gasteiger partial charge in [0, 0.05) is 0 Å². The molecule has 0 aliphatic heterocycles. The summed E-state index contributed by atoms with van der Waals surface area (Å²) < 4.78 is 5.77. The Morgan fingerprint density at radius 3 is 1.96 bits per heavy atom. The predicted molar refractivity (Wildman–Crippen MR) is 94.2 cm³/mol. The fraction of sp³-hybridized carbons (Fsp3) is 0.350. The first-order valence-electron chi connectivity index (χ1n) is 8.27. The maximum absolute atomic E-state index is 8.83. The lowest BCUT2D eigenvalue weighted by atomic mass is 10.0. The van der Waals surface area contributed by atoms with E-state index >= 15 is 0 Å². The zero-order chi connectivity index (χ0) is 16.3. The van der Waals surface area contributed by atoms with Gasteiger partial charge in [-0.05, 0) is 54.8 Å². The summed E-state index contributed by atoms with van der Waals surface area (Å²) in [6, 6.07) is 17.9. The van der Waals surface area contributed by atoms with Crippen molar-refractivity contribution in [2.75, 3.05) is 13.2 Å². The fourth-order valence-electron chi connectivity index (χ4n) is 2.45. The van der Waals surface area contributed by atoms with Crippen LogP contribution in [0.1, 0.15) is 37.7 Å². The van der Waals surface area contributed by atoms with Crippen molar-refractivity contribution in [1.29, 1.82) is 5.26 Å². The van der Waals surface area contributed by atoms with Crippen molar-refractivity contribution in [3.05, 3.63) is 54.1 Å². The molecular weight excluding hydrogens is 284 g/mol. The molecule has 0 radical (unpaired) electrons. The number of nitrogens with zero attached hydrogens (tertiary/aromatic N) is 1. The van der Waals surface area contributed by atoms with Crippen LogP contribution in [0.3, 0.4) is 0 Å². The molecule has 23 heavy (non-hydrogen) atoms. The molecule has 0 unspecified atom stereocenters. The number of nitriles is 1. The molecule has 0 aliphatic rings. The highest BCUT2D eigenvalue weighted by molar-refractivity contribution is 5.64. The molecule has 0 amide bonds. The standard InChI is InChI=1S/C20H24N2O/c21-14-4-2-1-3-5-15-23-20-12-10-19(11-13-20)18-8-6-17(16-22)7-9-18/h6-13H,1-5,14-15,21H2. The molecule has 0 saturated carbocycles. The van der Waals surface area contributed by atoms with Crippen LogP contribution in [0, 0.1) is 11.3 Å². The Hall–Kier alpha value is -2.31. The molecule has 0 aliphatic carbocycles. The van der Waals surface area contributed by atoms with E-state index in [1.54, 1.807) is 0 Å². The van der Waals surface area contributed by atoms with Gasteiger partial charge in [-0.3, -0.25) is 0 Å². The average Bonchev–Trinajstić information content (AvgIpc) is 2.61. The number of benzene rings is 2. The lowest BCUT2D eigenvalue weighted by Crippen LogP contribution is -1.99. The summed E-state index contributed by atoms with van der Waals surface area (Å²) in [6.45, 7) is 1.56. The van der Waals surface area contributed by atoms with Crippen LogP contribution in [0.5, 0.6) is 5.75 Å². The highest BCUT2D eigenvalue weighted by atomic mass is 16.5. The largest absolute Gasteiger partial charge is 0.494 e. The monoisotopic (exact) mass is 308 g/mol. The zero-order valence-corrected chi connectivity index (χ0v) is 13.5. The van der Waals surface area contributed by atoms with Gasteiger partial charge in [-0.1, -0.05) is 43.5 Å². The minimum Gasteiger partial charge on any atom is -0.494 e. The maximum atomic E-state index is 8.83.